The lowest BCUT2D eigenvalue weighted by Gasteiger charge is -2.34. The van der Waals surface area contributed by atoms with E-state index in [2.05, 4.69) is 9.97 Å². The van der Waals surface area contributed by atoms with E-state index in [4.69, 9.17) is 7.85 Å². The summed E-state index contributed by atoms with van der Waals surface area (Å²) in [6.07, 6.45) is 5.09. The van der Waals surface area contributed by atoms with Crippen molar-refractivity contribution in [2.24, 2.45) is 0 Å². The average molecular weight is 294 g/mol. The number of carbonyl (C=O) groups excluding carboxylic acids is 1. The van der Waals surface area contributed by atoms with E-state index in [1.165, 1.54) is 24.3 Å². The van der Waals surface area contributed by atoms with Crippen LogP contribution in [0.15, 0.2) is 12.4 Å². The maximum absolute atomic E-state index is 12.4. The molecule has 1 aromatic heterocycles. The number of hydrogen-bond donors (Lipinski definition) is 0. The Labute approximate surface area is 119 Å². The van der Waals surface area contributed by atoms with Gasteiger partial charge in [-0.3, -0.25) is 9.69 Å². The van der Waals surface area contributed by atoms with E-state index in [1.54, 1.807) is 0 Å². The number of hydrogen-bond acceptors (Lipinski definition) is 5. The molecule has 2 heterocycles. The van der Waals surface area contributed by atoms with E-state index in [1.807, 2.05) is 0 Å². The van der Waals surface area contributed by atoms with Crippen LogP contribution in [0.1, 0.15) is 12.8 Å². The lowest BCUT2D eigenvalue weighted by molar-refractivity contribution is -0.123. The zero-order valence-corrected chi connectivity index (χ0v) is 12.2. The summed E-state index contributed by atoms with van der Waals surface area (Å²) in [4.78, 5) is 21.8. The van der Waals surface area contributed by atoms with Gasteiger partial charge in [-0.05, 0) is 12.8 Å². The fraction of sp³-hybridized carbons (Fsp3) is 0.545. The van der Waals surface area contributed by atoms with Crippen LogP contribution in [0, 0.1) is 0 Å². The molecule has 1 saturated heterocycles. The topological polar surface area (TPSA) is 83.5 Å². The van der Waals surface area contributed by atoms with Crippen molar-refractivity contribution in [1.29, 1.82) is 0 Å². The number of likely N-dealkylation sites (N-methyl/N-ethyl adjacent to an activating group) is 1. The third-order valence-electron chi connectivity index (χ3n) is 3.27. The average Bonchev–Trinajstić information content (AvgIpc) is 2.38. The standard InChI is InChI=1S/C11H15BN4O3S/c1-15(20(2,18)19)9-4-3-5-16(10(9)17)11-13-6-8(12)7-14-11/h6-7,9H,3-5H2,1-2H3. The summed E-state index contributed by atoms with van der Waals surface area (Å²) < 4.78 is 24.2. The Morgan fingerprint density at radius 2 is 2.00 bits per heavy atom. The highest BCUT2D eigenvalue weighted by Gasteiger charge is 2.36. The summed E-state index contributed by atoms with van der Waals surface area (Å²) in [5.74, 6) is -0.0650. The third kappa shape index (κ3) is 2.99. The monoisotopic (exact) mass is 294 g/mol. The Hall–Kier alpha value is -1.48. The predicted molar refractivity (Wildman–Crippen MR) is 75.4 cm³/mol. The third-order valence-corrected chi connectivity index (χ3v) is 4.57. The molecule has 0 spiro atoms. The van der Waals surface area contributed by atoms with Crippen molar-refractivity contribution in [1.82, 2.24) is 14.3 Å². The Morgan fingerprint density at radius 3 is 2.55 bits per heavy atom. The van der Waals surface area contributed by atoms with Gasteiger partial charge in [0.05, 0.1) is 6.26 Å². The number of amides is 1. The van der Waals surface area contributed by atoms with Crippen LogP contribution in [-0.4, -0.2) is 62.3 Å². The molecule has 2 rings (SSSR count). The normalized spacial score (nSPS) is 20.4. The summed E-state index contributed by atoms with van der Waals surface area (Å²) in [5.41, 5.74) is 0.406. The molecule has 1 amide bonds. The van der Waals surface area contributed by atoms with Crippen molar-refractivity contribution in [2.75, 3.05) is 24.7 Å². The zero-order valence-electron chi connectivity index (χ0n) is 11.4. The van der Waals surface area contributed by atoms with Gasteiger partial charge in [0.15, 0.2) is 0 Å². The minimum atomic E-state index is -3.42. The van der Waals surface area contributed by atoms with E-state index >= 15 is 0 Å². The highest BCUT2D eigenvalue weighted by molar-refractivity contribution is 7.88. The van der Waals surface area contributed by atoms with Crippen LogP contribution in [0.3, 0.4) is 0 Å². The van der Waals surface area contributed by atoms with Crippen LogP contribution in [0.2, 0.25) is 0 Å². The quantitative estimate of drug-likeness (QED) is 0.644. The molecule has 0 bridgehead atoms. The molecule has 106 valence electrons. The molecule has 2 radical (unpaired) electrons. The van der Waals surface area contributed by atoms with E-state index in [-0.39, 0.29) is 11.9 Å². The lowest BCUT2D eigenvalue weighted by Crippen LogP contribution is -2.53. The van der Waals surface area contributed by atoms with Crippen LogP contribution in [-0.2, 0) is 14.8 Å². The Balaban J connectivity index is 2.25. The first-order valence-electron chi connectivity index (χ1n) is 6.12. The maximum Gasteiger partial charge on any atom is 0.247 e. The van der Waals surface area contributed by atoms with Gasteiger partial charge in [-0.1, -0.05) is 5.46 Å². The smallest absolute Gasteiger partial charge is 0.247 e. The number of sulfonamides is 1. The van der Waals surface area contributed by atoms with Crippen LogP contribution >= 0.6 is 0 Å². The molecular weight excluding hydrogens is 279 g/mol. The molecule has 1 aromatic rings. The second-order valence-corrected chi connectivity index (χ2v) is 6.79. The fourth-order valence-corrected chi connectivity index (χ4v) is 2.75. The van der Waals surface area contributed by atoms with Gasteiger partial charge >= 0.3 is 0 Å². The minimum Gasteiger partial charge on any atom is -0.279 e. The molecule has 1 aliphatic heterocycles. The number of aromatic nitrogens is 2. The molecule has 1 aliphatic rings. The van der Waals surface area contributed by atoms with Gasteiger partial charge < -0.3 is 0 Å². The first kappa shape index (κ1) is 14.9. The number of rotatable bonds is 3. The van der Waals surface area contributed by atoms with Crippen molar-refractivity contribution < 1.29 is 13.2 Å². The van der Waals surface area contributed by atoms with Crippen LogP contribution in [0.25, 0.3) is 0 Å². The molecule has 0 saturated carbocycles. The van der Waals surface area contributed by atoms with Crippen LogP contribution in [0.4, 0.5) is 5.95 Å². The highest BCUT2D eigenvalue weighted by atomic mass is 32.2. The van der Waals surface area contributed by atoms with Crippen LogP contribution < -0.4 is 10.4 Å². The predicted octanol–water partition coefficient (Wildman–Crippen LogP) is -1.34. The minimum absolute atomic E-state index is 0.246. The summed E-state index contributed by atoms with van der Waals surface area (Å²) >= 11 is 0. The largest absolute Gasteiger partial charge is 0.279 e. The molecule has 9 heteroatoms. The Kier molecular flexibility index (Phi) is 4.10. The van der Waals surface area contributed by atoms with Crippen molar-refractivity contribution >= 4 is 35.2 Å². The molecule has 1 fully saturated rings. The van der Waals surface area contributed by atoms with Gasteiger partial charge in [-0.2, -0.15) is 4.31 Å². The van der Waals surface area contributed by atoms with Crippen molar-refractivity contribution in [3.05, 3.63) is 12.4 Å². The van der Waals surface area contributed by atoms with E-state index < -0.39 is 16.1 Å². The second kappa shape index (κ2) is 5.49. The van der Waals surface area contributed by atoms with Gasteiger partial charge in [0, 0.05) is 26.0 Å². The SMILES string of the molecule is [B]c1cnc(N2CCCC(N(C)S(C)(=O)=O)C2=O)nc1. The molecule has 7 nitrogen and oxygen atoms in total. The fourth-order valence-electron chi connectivity index (χ4n) is 2.09. The van der Waals surface area contributed by atoms with E-state index in [0.29, 0.717) is 24.8 Å². The summed E-state index contributed by atoms with van der Waals surface area (Å²) in [6.45, 7) is 0.469. The number of nitrogens with zero attached hydrogens (tertiary/aromatic N) is 4. The first-order valence-corrected chi connectivity index (χ1v) is 7.97. The number of anilines is 1. The number of carbonyl (C=O) groups is 1. The molecule has 0 N–H and O–H groups in total. The van der Waals surface area contributed by atoms with E-state index in [0.717, 1.165) is 10.6 Å². The van der Waals surface area contributed by atoms with Crippen LogP contribution in [0.5, 0.6) is 0 Å². The van der Waals surface area contributed by atoms with Gasteiger partial charge in [-0.15, -0.1) is 0 Å². The second-order valence-electron chi connectivity index (χ2n) is 4.74. The van der Waals surface area contributed by atoms with Gasteiger partial charge in [-0.25, -0.2) is 18.4 Å². The van der Waals surface area contributed by atoms with Gasteiger partial charge in [0.25, 0.3) is 0 Å². The van der Waals surface area contributed by atoms with E-state index in [9.17, 15) is 13.2 Å². The molecule has 1 unspecified atom stereocenters. The molecule has 0 aliphatic carbocycles. The zero-order chi connectivity index (χ0) is 14.9. The Bertz CT molecular complexity index is 605. The highest BCUT2D eigenvalue weighted by Crippen LogP contribution is 2.21. The molecule has 20 heavy (non-hydrogen) atoms. The molecular formula is C11H15BN4O3S. The maximum atomic E-state index is 12.4. The molecule has 0 aromatic carbocycles. The van der Waals surface area contributed by atoms with Crippen molar-refractivity contribution in [3.8, 4) is 0 Å². The van der Waals surface area contributed by atoms with Gasteiger partial charge in [0.1, 0.15) is 13.9 Å². The van der Waals surface area contributed by atoms with Crippen molar-refractivity contribution in [3.63, 3.8) is 0 Å². The lowest BCUT2D eigenvalue weighted by atomic mass is 10.0. The first-order chi connectivity index (χ1) is 9.30. The molecule has 1 atom stereocenters. The number of piperidine rings is 1. The van der Waals surface area contributed by atoms with Crippen molar-refractivity contribution in [2.45, 2.75) is 18.9 Å². The summed E-state index contributed by atoms with van der Waals surface area (Å²) in [5, 5.41) is 0. The Morgan fingerprint density at radius 1 is 1.40 bits per heavy atom. The summed E-state index contributed by atoms with van der Waals surface area (Å²) in [6, 6.07) is -0.708. The van der Waals surface area contributed by atoms with Gasteiger partial charge in [0.2, 0.25) is 21.9 Å². The summed E-state index contributed by atoms with van der Waals surface area (Å²) in [7, 11) is 3.49.